The van der Waals surface area contributed by atoms with E-state index in [9.17, 15) is 4.79 Å². The molecule has 0 aliphatic carbocycles. The van der Waals surface area contributed by atoms with E-state index in [0.29, 0.717) is 51.2 Å². The lowest BCUT2D eigenvalue weighted by Gasteiger charge is -2.29. The van der Waals surface area contributed by atoms with Crippen molar-refractivity contribution >= 4 is 33.5 Å². The molecule has 2 N–H and O–H groups in total. The van der Waals surface area contributed by atoms with Crippen LogP contribution in [0.25, 0.3) is 0 Å². The lowest BCUT2D eigenvalue weighted by Crippen LogP contribution is -2.31. The molecule has 0 saturated carbocycles. The molecule has 1 aromatic heterocycles. The summed E-state index contributed by atoms with van der Waals surface area (Å²) in [7, 11) is 3.15. The molecule has 0 unspecified atom stereocenters. The SMILES string of the molecule is COc1ccccc1NC(=O)C1=C(C)Nc2ncnn2[C@@H]1c1cc(Br)c(OCc2ccc(C)cc2)c(OC)c1. The Hall–Kier alpha value is -4.31. The molecular formula is C29H28BrN5O4. The first-order chi connectivity index (χ1) is 18.9. The Morgan fingerprint density at radius 2 is 1.79 bits per heavy atom. The molecule has 4 aromatic rings. The van der Waals surface area contributed by atoms with Crippen molar-refractivity contribution in [1.29, 1.82) is 0 Å². The normalized spacial score (nSPS) is 14.3. The second-order valence-electron chi connectivity index (χ2n) is 9.06. The summed E-state index contributed by atoms with van der Waals surface area (Å²) >= 11 is 3.67. The second kappa shape index (κ2) is 11.2. The van der Waals surface area contributed by atoms with Crippen LogP contribution >= 0.6 is 15.9 Å². The Balaban J connectivity index is 1.51. The van der Waals surface area contributed by atoms with Gasteiger partial charge in [0.2, 0.25) is 5.95 Å². The van der Waals surface area contributed by atoms with Gasteiger partial charge in [-0.05, 0) is 65.2 Å². The monoisotopic (exact) mass is 589 g/mol. The maximum absolute atomic E-state index is 13.8. The van der Waals surface area contributed by atoms with Crippen molar-refractivity contribution in [2.45, 2.75) is 26.5 Å². The van der Waals surface area contributed by atoms with Gasteiger partial charge in [-0.1, -0.05) is 42.0 Å². The standard InChI is InChI=1S/C29H28BrN5O4/c1-17-9-11-19(12-10-17)15-39-27-21(30)13-20(14-24(27)38-4)26-25(18(2)33-29-31-16-32-35(26)29)28(36)34-22-7-5-6-8-23(22)37-3/h5-14,16,26H,15H2,1-4H3,(H,34,36)(H,31,32,33)/t26-/m1/s1. The highest BCUT2D eigenvalue weighted by atomic mass is 79.9. The highest BCUT2D eigenvalue weighted by Gasteiger charge is 2.34. The third-order valence-electron chi connectivity index (χ3n) is 6.47. The van der Waals surface area contributed by atoms with Crippen molar-refractivity contribution in [2.24, 2.45) is 0 Å². The molecule has 0 spiro atoms. The van der Waals surface area contributed by atoms with Gasteiger partial charge >= 0.3 is 0 Å². The van der Waals surface area contributed by atoms with Crippen LogP contribution < -0.4 is 24.8 Å². The first-order valence-corrected chi connectivity index (χ1v) is 13.1. The number of nitrogens with zero attached hydrogens (tertiary/aromatic N) is 3. The number of methoxy groups -OCH3 is 2. The molecule has 0 saturated heterocycles. The number of aryl methyl sites for hydroxylation is 1. The van der Waals surface area contributed by atoms with Crippen molar-refractivity contribution in [2.75, 3.05) is 24.9 Å². The molecular weight excluding hydrogens is 562 g/mol. The topological polar surface area (TPSA) is 99.5 Å². The number of carbonyl (C=O) groups excluding carboxylic acids is 1. The number of ether oxygens (including phenoxy) is 3. The van der Waals surface area contributed by atoms with E-state index in [-0.39, 0.29) is 5.91 Å². The third kappa shape index (κ3) is 5.33. The van der Waals surface area contributed by atoms with E-state index in [1.54, 1.807) is 31.0 Å². The quantitative estimate of drug-likeness (QED) is 0.265. The fourth-order valence-corrected chi connectivity index (χ4v) is 5.08. The lowest BCUT2D eigenvalue weighted by molar-refractivity contribution is -0.113. The van der Waals surface area contributed by atoms with Crippen molar-refractivity contribution in [3.63, 3.8) is 0 Å². The number of para-hydroxylation sites is 2. The number of allylic oxidation sites excluding steroid dienone is 1. The number of anilines is 2. The average molecular weight is 590 g/mol. The van der Waals surface area contributed by atoms with Crippen LogP contribution in [0.4, 0.5) is 11.6 Å². The molecule has 1 atom stereocenters. The molecule has 5 rings (SSSR count). The summed E-state index contributed by atoms with van der Waals surface area (Å²) in [4.78, 5) is 18.1. The van der Waals surface area contributed by atoms with Gasteiger partial charge in [0.1, 0.15) is 24.7 Å². The number of nitrogens with one attached hydrogen (secondary N) is 2. The Kier molecular flexibility index (Phi) is 7.56. The predicted octanol–water partition coefficient (Wildman–Crippen LogP) is 5.87. The summed E-state index contributed by atoms with van der Waals surface area (Å²) < 4.78 is 19.7. The van der Waals surface area contributed by atoms with E-state index < -0.39 is 6.04 Å². The highest BCUT2D eigenvalue weighted by molar-refractivity contribution is 9.10. The summed E-state index contributed by atoms with van der Waals surface area (Å²) in [6.07, 6.45) is 1.45. The molecule has 0 bridgehead atoms. The Morgan fingerprint density at radius 3 is 2.54 bits per heavy atom. The van der Waals surface area contributed by atoms with Crippen molar-refractivity contribution in [1.82, 2.24) is 14.8 Å². The summed E-state index contributed by atoms with van der Waals surface area (Å²) in [6, 6.07) is 18.6. The van der Waals surface area contributed by atoms with Crippen LogP contribution in [-0.4, -0.2) is 34.9 Å². The molecule has 39 heavy (non-hydrogen) atoms. The number of benzene rings is 3. The van der Waals surface area contributed by atoms with E-state index >= 15 is 0 Å². The first kappa shape index (κ1) is 26.3. The molecule has 2 heterocycles. The van der Waals surface area contributed by atoms with E-state index in [1.165, 1.54) is 11.9 Å². The summed E-state index contributed by atoms with van der Waals surface area (Å²) in [6.45, 7) is 4.26. The van der Waals surface area contributed by atoms with Crippen LogP contribution in [0.2, 0.25) is 0 Å². The number of aromatic nitrogens is 3. The van der Waals surface area contributed by atoms with Crippen molar-refractivity contribution in [3.8, 4) is 17.2 Å². The molecule has 9 nitrogen and oxygen atoms in total. The van der Waals surface area contributed by atoms with Crippen LogP contribution in [0.1, 0.15) is 29.7 Å². The third-order valence-corrected chi connectivity index (χ3v) is 7.05. The van der Waals surface area contributed by atoms with E-state index in [1.807, 2.05) is 62.4 Å². The fourth-order valence-electron chi connectivity index (χ4n) is 4.51. The summed E-state index contributed by atoms with van der Waals surface area (Å²) in [5.41, 5.74) is 4.68. The Labute approximate surface area is 234 Å². The molecule has 0 fully saturated rings. The first-order valence-electron chi connectivity index (χ1n) is 12.3. The predicted molar refractivity (Wildman–Crippen MR) is 152 cm³/mol. The highest BCUT2D eigenvalue weighted by Crippen LogP contribution is 2.43. The van der Waals surface area contributed by atoms with Gasteiger partial charge in [0.05, 0.1) is 30.0 Å². The Morgan fingerprint density at radius 1 is 1.05 bits per heavy atom. The number of carbonyl (C=O) groups is 1. The molecule has 1 amide bonds. The van der Waals surface area contributed by atoms with E-state index in [2.05, 4.69) is 36.6 Å². The average Bonchev–Trinajstić information content (AvgIpc) is 3.40. The maximum atomic E-state index is 13.8. The van der Waals surface area contributed by atoms with Gasteiger partial charge in [0, 0.05) is 5.70 Å². The van der Waals surface area contributed by atoms with Crippen molar-refractivity contribution < 1.29 is 19.0 Å². The van der Waals surface area contributed by atoms with Crippen LogP contribution in [0.15, 0.2) is 82.7 Å². The van der Waals surface area contributed by atoms with Crippen LogP contribution in [0, 0.1) is 6.92 Å². The van der Waals surface area contributed by atoms with Gasteiger partial charge in [-0.25, -0.2) is 4.68 Å². The number of hydrogen-bond acceptors (Lipinski definition) is 7. The minimum atomic E-state index is -0.588. The number of amides is 1. The molecule has 3 aromatic carbocycles. The maximum Gasteiger partial charge on any atom is 0.255 e. The zero-order valence-corrected chi connectivity index (χ0v) is 23.6. The van der Waals surface area contributed by atoms with E-state index in [0.717, 1.165) is 11.1 Å². The summed E-state index contributed by atoms with van der Waals surface area (Å²) in [5, 5.41) is 10.6. The zero-order valence-electron chi connectivity index (χ0n) is 22.0. The van der Waals surface area contributed by atoms with Gasteiger partial charge in [-0.15, -0.1) is 0 Å². The zero-order chi connectivity index (χ0) is 27.5. The molecule has 200 valence electrons. The largest absolute Gasteiger partial charge is 0.495 e. The molecule has 1 aliphatic rings. The van der Waals surface area contributed by atoms with Gasteiger partial charge in [0.25, 0.3) is 5.91 Å². The van der Waals surface area contributed by atoms with Gasteiger partial charge in [0.15, 0.2) is 11.5 Å². The van der Waals surface area contributed by atoms with Crippen LogP contribution in [0.3, 0.4) is 0 Å². The van der Waals surface area contributed by atoms with Gasteiger partial charge in [-0.2, -0.15) is 10.1 Å². The van der Waals surface area contributed by atoms with Crippen molar-refractivity contribution in [3.05, 3.63) is 99.4 Å². The fraction of sp³-hybridized carbons (Fsp3) is 0.207. The lowest BCUT2D eigenvalue weighted by atomic mass is 9.94. The number of fused-ring (bicyclic) bond motifs is 1. The smallest absolute Gasteiger partial charge is 0.255 e. The van der Waals surface area contributed by atoms with E-state index in [4.69, 9.17) is 14.2 Å². The van der Waals surface area contributed by atoms with Gasteiger partial charge in [-0.3, -0.25) is 4.79 Å². The van der Waals surface area contributed by atoms with Gasteiger partial charge < -0.3 is 24.8 Å². The number of hydrogen-bond donors (Lipinski definition) is 2. The number of halogens is 1. The Bertz CT molecular complexity index is 1550. The number of rotatable bonds is 8. The second-order valence-corrected chi connectivity index (χ2v) is 9.91. The minimum absolute atomic E-state index is 0.301. The molecule has 1 aliphatic heterocycles. The molecule has 10 heteroatoms. The molecule has 0 radical (unpaired) electrons. The van der Waals surface area contributed by atoms with Crippen LogP contribution in [0.5, 0.6) is 17.2 Å². The summed E-state index contributed by atoms with van der Waals surface area (Å²) in [5.74, 6) is 1.88. The minimum Gasteiger partial charge on any atom is -0.495 e. The van der Waals surface area contributed by atoms with Crippen LogP contribution in [-0.2, 0) is 11.4 Å².